The predicted molar refractivity (Wildman–Crippen MR) is 53.3 cm³/mol. The van der Waals surface area contributed by atoms with E-state index >= 15 is 0 Å². The lowest BCUT2D eigenvalue weighted by atomic mass is 10.1. The normalized spacial score (nSPS) is 20.9. The van der Waals surface area contributed by atoms with Gasteiger partial charge in [-0.25, -0.2) is 0 Å². The number of rotatable bonds is 5. The Hall–Kier alpha value is -0.820. The van der Waals surface area contributed by atoms with Crippen LogP contribution in [0.2, 0.25) is 0 Å². The summed E-state index contributed by atoms with van der Waals surface area (Å²) in [6, 6.07) is 0. The largest absolute Gasteiger partial charge is 0.471 e. The van der Waals surface area contributed by atoms with Crippen molar-refractivity contribution in [1.82, 2.24) is 4.90 Å². The van der Waals surface area contributed by atoms with Crippen molar-refractivity contribution in [3.05, 3.63) is 0 Å². The maximum Gasteiger partial charge on any atom is 0.471 e. The molecule has 0 aromatic heterocycles. The van der Waals surface area contributed by atoms with Gasteiger partial charge in [0, 0.05) is 32.2 Å². The van der Waals surface area contributed by atoms with Crippen LogP contribution in [-0.4, -0.2) is 55.0 Å². The van der Waals surface area contributed by atoms with Crippen LogP contribution in [0.3, 0.4) is 0 Å². The number of hydrogen-bond acceptors (Lipinski definition) is 3. The lowest BCUT2D eigenvalue weighted by molar-refractivity contribution is -0.184. The Morgan fingerprint density at radius 3 is 2.76 bits per heavy atom. The van der Waals surface area contributed by atoms with Gasteiger partial charge < -0.3 is 14.7 Å². The van der Waals surface area contributed by atoms with Gasteiger partial charge >= 0.3 is 12.1 Å². The van der Waals surface area contributed by atoms with Crippen LogP contribution >= 0.6 is 0 Å². The summed E-state index contributed by atoms with van der Waals surface area (Å²) in [7, 11) is 0. The number of carbonyl (C=O) groups excluding carboxylic acids is 1. The highest BCUT2D eigenvalue weighted by Gasteiger charge is 2.44. The first kappa shape index (κ1) is 14.2. The molecule has 100 valence electrons. The van der Waals surface area contributed by atoms with E-state index in [2.05, 4.69) is 0 Å². The number of nitrogens with zero attached hydrogens (tertiary/aromatic N) is 1. The van der Waals surface area contributed by atoms with E-state index in [0.29, 0.717) is 26.1 Å². The van der Waals surface area contributed by atoms with Crippen molar-refractivity contribution >= 4 is 5.91 Å². The Morgan fingerprint density at radius 1 is 1.47 bits per heavy atom. The van der Waals surface area contributed by atoms with E-state index in [4.69, 9.17) is 9.84 Å². The van der Waals surface area contributed by atoms with Gasteiger partial charge in [0.25, 0.3) is 0 Å². The number of amides is 1. The van der Waals surface area contributed by atoms with Crippen molar-refractivity contribution in [2.75, 3.05) is 32.9 Å². The predicted octanol–water partition coefficient (Wildman–Crippen LogP) is 0.796. The molecular formula is C10H16F3NO3. The van der Waals surface area contributed by atoms with Gasteiger partial charge in [0.05, 0.1) is 6.61 Å². The Kier molecular flexibility index (Phi) is 5.20. The molecule has 1 N–H and O–H groups in total. The minimum Gasteiger partial charge on any atom is -0.396 e. The van der Waals surface area contributed by atoms with Gasteiger partial charge in [0.1, 0.15) is 0 Å². The molecule has 17 heavy (non-hydrogen) atoms. The Balaban J connectivity index is 2.25. The molecule has 0 aromatic rings. The standard InChI is InChI=1S/C10H16F3NO3/c11-10(12,13)9(16)14-3-2-8(6-14)7-17-5-1-4-15/h8,15H,1-7H2. The summed E-state index contributed by atoms with van der Waals surface area (Å²) >= 11 is 0. The monoisotopic (exact) mass is 255 g/mol. The summed E-state index contributed by atoms with van der Waals surface area (Å²) in [6.45, 7) is 0.981. The van der Waals surface area contributed by atoms with Gasteiger partial charge in [0.2, 0.25) is 0 Å². The van der Waals surface area contributed by atoms with Crippen LogP contribution in [0.4, 0.5) is 13.2 Å². The summed E-state index contributed by atoms with van der Waals surface area (Å²) in [4.78, 5) is 11.7. The third-order valence-electron chi connectivity index (χ3n) is 2.62. The fourth-order valence-electron chi connectivity index (χ4n) is 1.75. The molecule has 0 radical (unpaired) electrons. The van der Waals surface area contributed by atoms with Crippen LogP contribution in [0.1, 0.15) is 12.8 Å². The lowest BCUT2D eigenvalue weighted by Gasteiger charge is -2.18. The van der Waals surface area contributed by atoms with Gasteiger partial charge in [-0.1, -0.05) is 0 Å². The molecule has 0 spiro atoms. The highest BCUT2D eigenvalue weighted by Crippen LogP contribution is 2.24. The molecule has 1 fully saturated rings. The first-order valence-corrected chi connectivity index (χ1v) is 5.50. The highest BCUT2D eigenvalue weighted by molar-refractivity contribution is 5.82. The number of carbonyl (C=O) groups is 1. The summed E-state index contributed by atoms with van der Waals surface area (Å²) in [5.74, 6) is -1.81. The molecule has 1 heterocycles. The van der Waals surface area contributed by atoms with Crippen LogP contribution < -0.4 is 0 Å². The van der Waals surface area contributed by atoms with Gasteiger partial charge in [-0.05, 0) is 12.8 Å². The van der Waals surface area contributed by atoms with Crippen LogP contribution in [-0.2, 0) is 9.53 Å². The second-order valence-corrected chi connectivity index (χ2v) is 4.06. The fraction of sp³-hybridized carbons (Fsp3) is 0.900. The van der Waals surface area contributed by atoms with E-state index < -0.39 is 12.1 Å². The third kappa shape index (κ3) is 4.51. The van der Waals surface area contributed by atoms with E-state index in [1.807, 2.05) is 0 Å². The number of halogens is 3. The van der Waals surface area contributed by atoms with E-state index in [0.717, 1.165) is 4.90 Å². The molecule has 1 atom stereocenters. The van der Waals surface area contributed by atoms with E-state index in [1.165, 1.54) is 0 Å². The zero-order valence-electron chi connectivity index (χ0n) is 9.37. The van der Waals surface area contributed by atoms with Crippen molar-refractivity contribution in [2.45, 2.75) is 19.0 Å². The molecule has 7 heteroatoms. The molecule has 1 unspecified atom stereocenters. The van der Waals surface area contributed by atoms with Gasteiger partial charge in [-0.15, -0.1) is 0 Å². The van der Waals surface area contributed by atoms with Crippen molar-refractivity contribution in [3.8, 4) is 0 Å². The third-order valence-corrected chi connectivity index (χ3v) is 2.62. The number of ether oxygens (including phenoxy) is 1. The van der Waals surface area contributed by atoms with Crippen LogP contribution in [0, 0.1) is 5.92 Å². The van der Waals surface area contributed by atoms with Gasteiger partial charge in [-0.3, -0.25) is 4.79 Å². The second kappa shape index (κ2) is 6.20. The molecule has 1 aliphatic heterocycles. The molecule has 0 aromatic carbocycles. The SMILES string of the molecule is O=C(N1CCC(COCCCO)C1)C(F)(F)F. The quantitative estimate of drug-likeness (QED) is 0.739. The zero-order valence-corrected chi connectivity index (χ0v) is 9.37. The van der Waals surface area contributed by atoms with Crippen molar-refractivity contribution in [1.29, 1.82) is 0 Å². The van der Waals surface area contributed by atoms with Crippen molar-refractivity contribution in [2.24, 2.45) is 5.92 Å². The molecule has 1 rings (SSSR count). The summed E-state index contributed by atoms with van der Waals surface area (Å²) in [5.41, 5.74) is 0. The summed E-state index contributed by atoms with van der Waals surface area (Å²) in [5, 5.41) is 8.50. The first-order chi connectivity index (χ1) is 7.95. The minimum absolute atomic E-state index is 0.0311. The first-order valence-electron chi connectivity index (χ1n) is 5.50. The number of hydrogen-bond donors (Lipinski definition) is 1. The molecule has 0 saturated carbocycles. The van der Waals surface area contributed by atoms with Crippen molar-refractivity contribution in [3.63, 3.8) is 0 Å². The van der Waals surface area contributed by atoms with Gasteiger partial charge in [0.15, 0.2) is 0 Å². The maximum atomic E-state index is 12.1. The van der Waals surface area contributed by atoms with Crippen LogP contribution in [0.15, 0.2) is 0 Å². The average Bonchev–Trinajstić information content (AvgIpc) is 2.70. The Morgan fingerprint density at radius 2 is 2.18 bits per heavy atom. The molecule has 1 saturated heterocycles. The number of alkyl halides is 3. The Bertz CT molecular complexity index is 258. The molecule has 4 nitrogen and oxygen atoms in total. The van der Waals surface area contributed by atoms with Crippen molar-refractivity contribution < 1.29 is 27.8 Å². The summed E-state index contributed by atoms with van der Waals surface area (Å²) in [6.07, 6.45) is -3.74. The average molecular weight is 255 g/mol. The van der Waals surface area contributed by atoms with Crippen LogP contribution in [0.5, 0.6) is 0 Å². The Labute approximate surface area is 97.3 Å². The van der Waals surface area contributed by atoms with E-state index in [1.54, 1.807) is 0 Å². The number of aliphatic hydroxyl groups excluding tert-OH is 1. The lowest BCUT2D eigenvalue weighted by Crippen LogP contribution is -2.39. The van der Waals surface area contributed by atoms with Gasteiger partial charge in [-0.2, -0.15) is 13.2 Å². The zero-order chi connectivity index (χ0) is 12.9. The molecule has 1 amide bonds. The number of aliphatic hydroxyl groups is 1. The molecule has 0 bridgehead atoms. The maximum absolute atomic E-state index is 12.1. The topological polar surface area (TPSA) is 49.8 Å². The molecule has 0 aliphatic carbocycles. The molecular weight excluding hydrogens is 239 g/mol. The van der Waals surface area contributed by atoms with E-state index in [9.17, 15) is 18.0 Å². The van der Waals surface area contributed by atoms with Crippen LogP contribution in [0.25, 0.3) is 0 Å². The highest BCUT2D eigenvalue weighted by atomic mass is 19.4. The fourth-order valence-corrected chi connectivity index (χ4v) is 1.75. The summed E-state index contributed by atoms with van der Waals surface area (Å²) < 4.78 is 41.6. The smallest absolute Gasteiger partial charge is 0.396 e. The van der Waals surface area contributed by atoms with E-state index in [-0.39, 0.29) is 25.6 Å². The minimum atomic E-state index is -4.79. The second-order valence-electron chi connectivity index (χ2n) is 4.06. The number of likely N-dealkylation sites (tertiary alicyclic amines) is 1. The molecule has 1 aliphatic rings.